The van der Waals surface area contributed by atoms with Gasteiger partial charge < -0.3 is 9.52 Å². The van der Waals surface area contributed by atoms with Gasteiger partial charge in [0.05, 0.1) is 12.7 Å². The van der Waals surface area contributed by atoms with Crippen LogP contribution in [0.2, 0.25) is 0 Å². The van der Waals surface area contributed by atoms with Crippen LogP contribution in [0.4, 0.5) is 0 Å². The second kappa shape index (κ2) is 5.65. The molecule has 0 amide bonds. The molecule has 1 aliphatic carbocycles. The molecule has 1 fully saturated rings. The fraction of sp³-hybridized carbons (Fsp3) is 0.769. The molecular weight excluding hydrogens is 216 g/mol. The molecule has 0 radical (unpaired) electrons. The van der Waals surface area contributed by atoms with Crippen molar-refractivity contribution >= 4 is 0 Å². The molecule has 17 heavy (non-hydrogen) atoms. The van der Waals surface area contributed by atoms with Gasteiger partial charge in [-0.05, 0) is 45.6 Å². The summed E-state index contributed by atoms with van der Waals surface area (Å²) in [5.74, 6) is 2.19. The Bertz CT molecular complexity index is 343. The smallest absolute Gasteiger partial charge is 0.208 e. The van der Waals surface area contributed by atoms with Gasteiger partial charge in [0.2, 0.25) is 5.89 Å². The van der Waals surface area contributed by atoms with E-state index in [1.165, 1.54) is 12.8 Å². The van der Waals surface area contributed by atoms with Crippen LogP contribution in [-0.2, 0) is 6.54 Å². The summed E-state index contributed by atoms with van der Waals surface area (Å²) in [4.78, 5) is 6.55. The first-order valence-corrected chi connectivity index (χ1v) is 6.41. The van der Waals surface area contributed by atoms with Crippen molar-refractivity contribution in [1.82, 2.24) is 9.88 Å². The van der Waals surface area contributed by atoms with E-state index in [0.717, 1.165) is 31.0 Å². The predicted molar refractivity (Wildman–Crippen MR) is 65.5 cm³/mol. The van der Waals surface area contributed by atoms with E-state index in [0.29, 0.717) is 18.6 Å². The Kier molecular flexibility index (Phi) is 4.18. The van der Waals surface area contributed by atoms with Crippen molar-refractivity contribution < 1.29 is 9.52 Å². The molecule has 1 N–H and O–H groups in total. The minimum atomic E-state index is 0.343. The molecule has 96 valence electrons. The zero-order valence-electron chi connectivity index (χ0n) is 10.7. The van der Waals surface area contributed by atoms with Crippen LogP contribution in [0.15, 0.2) is 10.6 Å². The third-order valence-electron chi connectivity index (χ3n) is 3.75. The summed E-state index contributed by atoms with van der Waals surface area (Å²) in [7, 11) is 2.13. The van der Waals surface area contributed by atoms with Crippen LogP contribution in [0.5, 0.6) is 0 Å². The molecule has 4 heteroatoms. The van der Waals surface area contributed by atoms with Gasteiger partial charge >= 0.3 is 0 Å². The average Bonchev–Trinajstić information content (AvgIpc) is 2.75. The Morgan fingerprint density at radius 1 is 1.41 bits per heavy atom. The van der Waals surface area contributed by atoms with Gasteiger partial charge in [-0.25, -0.2) is 4.98 Å². The van der Waals surface area contributed by atoms with E-state index in [1.807, 2.05) is 6.92 Å². The van der Waals surface area contributed by atoms with Crippen molar-refractivity contribution in [1.29, 1.82) is 0 Å². The van der Waals surface area contributed by atoms with E-state index in [2.05, 4.69) is 16.9 Å². The van der Waals surface area contributed by atoms with Gasteiger partial charge in [0.1, 0.15) is 5.76 Å². The maximum absolute atomic E-state index is 9.12. The number of aromatic nitrogens is 1. The summed E-state index contributed by atoms with van der Waals surface area (Å²) in [6.45, 7) is 3.04. The lowest BCUT2D eigenvalue weighted by Crippen LogP contribution is -2.35. The highest BCUT2D eigenvalue weighted by atomic mass is 16.4. The lowest BCUT2D eigenvalue weighted by molar-refractivity contribution is 0.118. The molecule has 0 bridgehead atoms. The normalized spacial score (nSPS) is 25.4. The lowest BCUT2D eigenvalue weighted by Gasteiger charge is -2.33. The molecule has 0 saturated heterocycles. The van der Waals surface area contributed by atoms with Gasteiger partial charge in [-0.1, -0.05) is 0 Å². The maximum atomic E-state index is 9.12. The summed E-state index contributed by atoms with van der Waals surface area (Å²) in [6, 6.07) is 0.602. The molecule has 0 atom stereocenters. The Morgan fingerprint density at radius 3 is 2.65 bits per heavy atom. The number of nitrogens with zero attached hydrogens (tertiary/aromatic N) is 2. The third kappa shape index (κ3) is 3.30. The second-order valence-electron chi connectivity index (χ2n) is 5.14. The molecule has 1 aliphatic rings. The predicted octanol–water partition coefficient (Wildman–Crippen LogP) is 1.97. The van der Waals surface area contributed by atoms with Crippen LogP contribution >= 0.6 is 0 Å². The van der Waals surface area contributed by atoms with Crippen LogP contribution in [0.25, 0.3) is 0 Å². The van der Waals surface area contributed by atoms with Crippen molar-refractivity contribution in [3.05, 3.63) is 17.8 Å². The number of rotatable bonds is 4. The maximum Gasteiger partial charge on any atom is 0.208 e. The molecule has 0 unspecified atom stereocenters. The number of aliphatic hydroxyl groups is 1. The van der Waals surface area contributed by atoms with E-state index >= 15 is 0 Å². The largest absolute Gasteiger partial charge is 0.445 e. The molecule has 1 heterocycles. The van der Waals surface area contributed by atoms with Crippen molar-refractivity contribution in [2.24, 2.45) is 5.92 Å². The Morgan fingerprint density at radius 2 is 2.12 bits per heavy atom. The summed E-state index contributed by atoms with van der Waals surface area (Å²) in [5, 5.41) is 9.12. The number of aliphatic hydroxyl groups excluding tert-OH is 1. The van der Waals surface area contributed by atoms with E-state index in [1.54, 1.807) is 6.20 Å². The molecule has 1 aromatic heterocycles. The highest BCUT2D eigenvalue weighted by Crippen LogP contribution is 2.27. The molecule has 0 spiro atoms. The van der Waals surface area contributed by atoms with Crippen molar-refractivity contribution in [3.8, 4) is 0 Å². The first-order chi connectivity index (χ1) is 8.19. The van der Waals surface area contributed by atoms with Gasteiger partial charge in [-0.3, -0.25) is 4.90 Å². The van der Waals surface area contributed by atoms with Crippen molar-refractivity contribution in [2.75, 3.05) is 13.7 Å². The standard InChI is InChI=1S/C13H22N2O2/c1-10-7-14-13(17-10)8-15(2)12-5-3-11(9-16)4-6-12/h7,11-12,16H,3-6,8-9H2,1-2H3. The quantitative estimate of drug-likeness (QED) is 0.871. The zero-order valence-corrected chi connectivity index (χ0v) is 10.7. The molecule has 2 rings (SSSR count). The van der Waals surface area contributed by atoms with E-state index in [9.17, 15) is 0 Å². The summed E-state index contributed by atoms with van der Waals surface area (Å²) >= 11 is 0. The minimum Gasteiger partial charge on any atom is -0.445 e. The van der Waals surface area contributed by atoms with Gasteiger partial charge in [-0.2, -0.15) is 0 Å². The number of oxazole rings is 1. The van der Waals surface area contributed by atoms with Crippen LogP contribution in [0, 0.1) is 12.8 Å². The summed E-state index contributed by atoms with van der Waals surface area (Å²) in [6.07, 6.45) is 6.38. The van der Waals surface area contributed by atoms with Gasteiger partial charge in [-0.15, -0.1) is 0 Å². The summed E-state index contributed by atoms with van der Waals surface area (Å²) < 4.78 is 5.49. The highest BCUT2D eigenvalue weighted by molar-refractivity contribution is 4.91. The van der Waals surface area contributed by atoms with E-state index in [-0.39, 0.29) is 0 Å². The molecule has 1 aromatic rings. The monoisotopic (exact) mass is 238 g/mol. The third-order valence-corrected chi connectivity index (χ3v) is 3.75. The van der Waals surface area contributed by atoms with Crippen molar-refractivity contribution in [3.63, 3.8) is 0 Å². The first kappa shape index (κ1) is 12.6. The number of hydrogen-bond acceptors (Lipinski definition) is 4. The lowest BCUT2D eigenvalue weighted by atomic mass is 9.86. The summed E-state index contributed by atoms with van der Waals surface area (Å²) in [5.41, 5.74) is 0. The van der Waals surface area contributed by atoms with Crippen molar-refractivity contribution in [2.45, 2.75) is 45.2 Å². The number of hydrogen-bond donors (Lipinski definition) is 1. The first-order valence-electron chi connectivity index (χ1n) is 6.41. The zero-order chi connectivity index (χ0) is 12.3. The fourth-order valence-electron chi connectivity index (χ4n) is 2.59. The molecule has 0 aliphatic heterocycles. The van der Waals surface area contributed by atoms with Gasteiger partial charge in [0.25, 0.3) is 0 Å². The van der Waals surface area contributed by atoms with Crippen LogP contribution in [0.1, 0.15) is 37.3 Å². The molecule has 1 saturated carbocycles. The van der Waals surface area contributed by atoms with E-state index in [4.69, 9.17) is 9.52 Å². The van der Waals surface area contributed by atoms with Crippen LogP contribution in [-0.4, -0.2) is 34.7 Å². The average molecular weight is 238 g/mol. The minimum absolute atomic E-state index is 0.343. The Hall–Kier alpha value is -0.870. The van der Waals surface area contributed by atoms with Gasteiger partial charge in [0.15, 0.2) is 0 Å². The van der Waals surface area contributed by atoms with Crippen LogP contribution in [0.3, 0.4) is 0 Å². The van der Waals surface area contributed by atoms with Gasteiger partial charge in [0, 0.05) is 12.6 Å². The number of aryl methyl sites for hydroxylation is 1. The molecule has 0 aromatic carbocycles. The Labute approximate surface area is 103 Å². The fourth-order valence-corrected chi connectivity index (χ4v) is 2.59. The Balaban J connectivity index is 1.82. The van der Waals surface area contributed by atoms with E-state index < -0.39 is 0 Å². The molecule has 4 nitrogen and oxygen atoms in total. The molecular formula is C13H22N2O2. The topological polar surface area (TPSA) is 49.5 Å². The SMILES string of the molecule is Cc1cnc(CN(C)C2CCC(CO)CC2)o1. The highest BCUT2D eigenvalue weighted by Gasteiger charge is 2.24. The van der Waals surface area contributed by atoms with Crippen LogP contribution < -0.4 is 0 Å². The second-order valence-corrected chi connectivity index (χ2v) is 5.14.